The number of hydrogen-bond acceptors (Lipinski definition) is 6. The van der Waals surface area contributed by atoms with Gasteiger partial charge < -0.3 is 28.7 Å². The van der Waals surface area contributed by atoms with Gasteiger partial charge in [-0.15, -0.1) is 0 Å². The van der Waals surface area contributed by atoms with E-state index in [1.165, 1.54) is 48.0 Å². The second-order valence-electron chi connectivity index (χ2n) is 17.5. The molecule has 0 radical (unpaired) electrons. The van der Waals surface area contributed by atoms with Gasteiger partial charge in [0.15, 0.2) is 0 Å². The number of nitrogens with zero attached hydrogens (tertiary/aromatic N) is 2. The third kappa shape index (κ3) is 8.45. The van der Waals surface area contributed by atoms with Crippen molar-refractivity contribution in [3.8, 4) is 23.0 Å². The molecule has 0 aliphatic heterocycles. The van der Waals surface area contributed by atoms with Gasteiger partial charge in [0, 0.05) is 46.1 Å². The molecule has 0 heterocycles. The lowest BCUT2D eigenvalue weighted by Gasteiger charge is -2.26. The van der Waals surface area contributed by atoms with Gasteiger partial charge in [-0.25, -0.2) is 0 Å². The number of benzene rings is 9. The first-order valence-electron chi connectivity index (χ1n) is 23.6. The molecule has 6 heteroatoms. The van der Waals surface area contributed by atoms with Crippen LogP contribution in [0.15, 0.2) is 206 Å². The molecule has 0 aromatic heterocycles. The van der Waals surface area contributed by atoms with E-state index >= 15 is 0 Å². The number of anilines is 6. The molecule has 2 aliphatic carbocycles. The predicted octanol–water partition coefficient (Wildman–Crippen LogP) is 12.7. The van der Waals surface area contributed by atoms with Crippen LogP contribution in [0.4, 0.5) is 34.1 Å². The van der Waals surface area contributed by atoms with Crippen LogP contribution in [0, 0.1) is 5.92 Å². The van der Waals surface area contributed by atoms with Crippen molar-refractivity contribution < 1.29 is 18.9 Å². The Labute approximate surface area is 408 Å². The summed E-state index contributed by atoms with van der Waals surface area (Å²) in [6, 6.07) is 64.0. The second-order valence-corrected chi connectivity index (χ2v) is 17.5. The van der Waals surface area contributed by atoms with Crippen LogP contribution in [0.5, 0.6) is 23.0 Å². The average Bonchev–Trinajstić information content (AvgIpc) is 3.42. The van der Waals surface area contributed by atoms with Gasteiger partial charge in [-0.2, -0.15) is 0 Å². The van der Waals surface area contributed by atoms with E-state index in [0.29, 0.717) is 5.92 Å². The van der Waals surface area contributed by atoms with Gasteiger partial charge in [-0.05, 0) is 199 Å². The van der Waals surface area contributed by atoms with Gasteiger partial charge in [-0.1, -0.05) is 85.0 Å². The highest BCUT2D eigenvalue weighted by Gasteiger charge is 2.20. The van der Waals surface area contributed by atoms with E-state index in [-0.39, 0.29) is 0 Å². The highest BCUT2D eigenvalue weighted by molar-refractivity contribution is 6.00. The lowest BCUT2D eigenvalue weighted by molar-refractivity contribution is 0.414. The Morgan fingerprint density at radius 3 is 1.39 bits per heavy atom. The summed E-state index contributed by atoms with van der Waals surface area (Å²) < 4.78 is 22.2. The zero-order valence-electron chi connectivity index (χ0n) is 39.7. The molecule has 0 spiro atoms. The number of fused-ring (bicyclic) bond motifs is 4. The third-order valence-electron chi connectivity index (χ3n) is 13.5. The fourth-order valence-corrected chi connectivity index (χ4v) is 9.99. The van der Waals surface area contributed by atoms with Crippen molar-refractivity contribution in [1.82, 2.24) is 0 Å². The minimum absolute atomic E-state index is 0.292. The summed E-state index contributed by atoms with van der Waals surface area (Å²) in [4.78, 5) is 4.50. The van der Waals surface area contributed by atoms with Crippen LogP contribution in [0.25, 0.3) is 45.3 Å². The normalized spacial score (nSPS) is 14.2. The summed E-state index contributed by atoms with van der Waals surface area (Å²) in [5, 5.41) is 9.86. The molecular weight excluding hydrogens is 861 g/mol. The van der Waals surface area contributed by atoms with Gasteiger partial charge in [0.1, 0.15) is 23.0 Å². The fraction of sp³-hybridized carbons (Fsp3) is 0.0938. The lowest BCUT2D eigenvalue weighted by Crippen LogP contribution is -2.52. The Kier molecular flexibility index (Phi) is 12.0. The average molecular weight is 913 g/mol. The first-order valence-corrected chi connectivity index (χ1v) is 23.6. The Morgan fingerprint density at radius 2 is 0.886 bits per heavy atom. The highest BCUT2D eigenvalue weighted by atomic mass is 16.5. The standard InChI is InChI=1S/C64H52N2O4/c1-67-54-31-25-50(26-32-54)65(51-27-33-55(68-2)34-28-51)48-21-16-43(17-22-48)38-60-59-37-20-45-10-7-8-15-58(45)64(59)63(62-41-47-12-6-5-11-46(47)40-61(60)62)39-44-18-23-49(24-19-44)66(52-29-35-56(69-3)36-30-52)53-13-9-14-57(42-53)70-4/h5-19,21-42,45H,20H2,1-4H3/b60-38+,63-39+. The second kappa shape index (κ2) is 19.1. The molecule has 11 rings (SSSR count). The van der Waals surface area contributed by atoms with Crippen LogP contribution in [0.2, 0.25) is 0 Å². The van der Waals surface area contributed by atoms with Crippen molar-refractivity contribution in [3.63, 3.8) is 0 Å². The van der Waals surface area contributed by atoms with Gasteiger partial charge in [0.2, 0.25) is 0 Å². The van der Waals surface area contributed by atoms with Crippen LogP contribution in [0.3, 0.4) is 0 Å². The number of rotatable bonds is 12. The SMILES string of the molecule is COc1ccc(N(c2ccc(/C=c3\c4c(/c(=C/c5ccc(N(c6ccc(OC)cc6)c6cccc(OC)c6)cc5)c5cc6ccccc6cc35)=C3C=CC=CC3CC=4)cc2)c2ccc(OC)cc2)cc1. The number of ether oxygens (including phenoxy) is 4. The number of hydrogen-bond donors (Lipinski definition) is 0. The Hall–Kier alpha value is -8.74. The van der Waals surface area contributed by atoms with E-state index in [2.05, 4.69) is 186 Å². The van der Waals surface area contributed by atoms with Crippen molar-refractivity contribution in [2.45, 2.75) is 6.42 Å². The molecule has 0 amide bonds. The lowest BCUT2D eigenvalue weighted by atomic mass is 9.83. The van der Waals surface area contributed by atoms with Crippen molar-refractivity contribution in [1.29, 1.82) is 0 Å². The Morgan fingerprint density at radius 1 is 0.429 bits per heavy atom. The van der Waals surface area contributed by atoms with Crippen LogP contribution in [0.1, 0.15) is 17.5 Å². The minimum Gasteiger partial charge on any atom is -0.497 e. The molecule has 0 N–H and O–H groups in total. The third-order valence-corrected chi connectivity index (χ3v) is 13.5. The molecular formula is C64H52N2O4. The smallest absolute Gasteiger partial charge is 0.120 e. The largest absolute Gasteiger partial charge is 0.497 e. The van der Waals surface area contributed by atoms with Gasteiger partial charge in [-0.3, -0.25) is 0 Å². The molecule has 0 bridgehead atoms. The van der Waals surface area contributed by atoms with Gasteiger partial charge in [0.05, 0.1) is 28.4 Å². The summed E-state index contributed by atoms with van der Waals surface area (Å²) in [6.45, 7) is 0. The summed E-state index contributed by atoms with van der Waals surface area (Å²) in [6.07, 6.45) is 17.2. The molecule has 2 aliphatic rings. The molecule has 6 nitrogen and oxygen atoms in total. The highest BCUT2D eigenvalue weighted by Crippen LogP contribution is 2.38. The first kappa shape index (κ1) is 43.8. The molecule has 70 heavy (non-hydrogen) atoms. The maximum atomic E-state index is 5.67. The minimum atomic E-state index is 0.292. The predicted molar refractivity (Wildman–Crippen MR) is 290 cm³/mol. The monoisotopic (exact) mass is 912 g/mol. The number of allylic oxidation sites excluding steroid dienone is 4. The quantitative estimate of drug-likeness (QED) is 0.114. The van der Waals surface area contributed by atoms with E-state index in [0.717, 1.165) is 74.7 Å². The maximum absolute atomic E-state index is 5.67. The van der Waals surface area contributed by atoms with Crippen LogP contribution < -0.4 is 49.6 Å². The summed E-state index contributed by atoms with van der Waals surface area (Å²) in [7, 11) is 6.79. The fourth-order valence-electron chi connectivity index (χ4n) is 9.99. The van der Waals surface area contributed by atoms with E-state index < -0.39 is 0 Å². The van der Waals surface area contributed by atoms with Crippen LogP contribution in [-0.4, -0.2) is 28.4 Å². The van der Waals surface area contributed by atoms with E-state index in [9.17, 15) is 0 Å². The molecule has 1 unspecified atom stereocenters. The van der Waals surface area contributed by atoms with E-state index in [4.69, 9.17) is 18.9 Å². The first-order chi connectivity index (χ1) is 34.5. The number of methoxy groups -OCH3 is 4. The molecule has 0 saturated heterocycles. The van der Waals surface area contributed by atoms with Crippen molar-refractivity contribution >= 4 is 79.5 Å². The zero-order valence-corrected chi connectivity index (χ0v) is 39.7. The molecule has 9 aromatic rings. The van der Waals surface area contributed by atoms with E-state index in [1.807, 2.05) is 48.5 Å². The molecule has 0 saturated carbocycles. The van der Waals surface area contributed by atoms with Gasteiger partial charge >= 0.3 is 0 Å². The van der Waals surface area contributed by atoms with Crippen LogP contribution in [-0.2, 0) is 0 Å². The molecule has 1 atom stereocenters. The zero-order chi connectivity index (χ0) is 47.6. The van der Waals surface area contributed by atoms with Gasteiger partial charge in [0.25, 0.3) is 0 Å². The molecule has 9 aromatic carbocycles. The summed E-state index contributed by atoms with van der Waals surface area (Å²) >= 11 is 0. The molecule has 0 fully saturated rings. The summed E-state index contributed by atoms with van der Waals surface area (Å²) in [5.41, 5.74) is 9.72. The summed E-state index contributed by atoms with van der Waals surface area (Å²) in [5.74, 6) is 3.52. The molecule has 342 valence electrons. The van der Waals surface area contributed by atoms with E-state index in [1.54, 1.807) is 28.4 Å². The van der Waals surface area contributed by atoms with Crippen molar-refractivity contribution in [2.75, 3.05) is 38.2 Å². The maximum Gasteiger partial charge on any atom is 0.120 e. The van der Waals surface area contributed by atoms with Crippen LogP contribution >= 0.6 is 0 Å². The van der Waals surface area contributed by atoms with Crippen molar-refractivity contribution in [2.24, 2.45) is 5.92 Å². The Balaban J connectivity index is 1.09. The van der Waals surface area contributed by atoms with Crippen molar-refractivity contribution in [3.05, 3.63) is 238 Å². The topological polar surface area (TPSA) is 43.4 Å². The Bertz CT molecular complexity index is 3660.